The summed E-state index contributed by atoms with van der Waals surface area (Å²) in [6.07, 6.45) is 2.72. The molecule has 1 saturated heterocycles. The van der Waals surface area contributed by atoms with E-state index in [9.17, 15) is 4.79 Å². The number of nitrogens with zero attached hydrogens (tertiary/aromatic N) is 4. The van der Waals surface area contributed by atoms with Gasteiger partial charge in [-0.05, 0) is 19.3 Å². The maximum absolute atomic E-state index is 11.8. The molecule has 8 heteroatoms. The van der Waals surface area contributed by atoms with Crippen LogP contribution in [0.3, 0.4) is 0 Å². The molecule has 1 fully saturated rings. The lowest BCUT2D eigenvalue weighted by molar-refractivity contribution is -0.123. The number of hydrogen-bond donors (Lipinski definition) is 3. The van der Waals surface area contributed by atoms with Gasteiger partial charge in [0.1, 0.15) is 6.04 Å². The molecule has 116 valence electrons. The molecule has 1 unspecified atom stereocenters. The van der Waals surface area contributed by atoms with Crippen LogP contribution in [0.25, 0.3) is 0 Å². The van der Waals surface area contributed by atoms with Crippen LogP contribution in [0.4, 0.5) is 17.8 Å². The number of carbonyl (C=O) groups is 1. The number of nitrogens with one attached hydrogen (secondary N) is 3. The number of piperidine rings is 1. The van der Waals surface area contributed by atoms with Crippen LogP contribution in [0.15, 0.2) is 0 Å². The van der Waals surface area contributed by atoms with Crippen molar-refractivity contribution in [2.45, 2.75) is 32.2 Å². The number of carbonyl (C=O) groups excluding carboxylic acids is 1. The maximum Gasteiger partial charge on any atom is 0.242 e. The molecule has 1 aromatic heterocycles. The van der Waals surface area contributed by atoms with Gasteiger partial charge in [-0.1, -0.05) is 6.92 Å². The summed E-state index contributed by atoms with van der Waals surface area (Å²) in [6, 6.07) is -0.282. The Kier molecular flexibility index (Phi) is 5.13. The molecule has 0 spiro atoms. The molecular weight excluding hydrogens is 270 g/mol. The highest BCUT2D eigenvalue weighted by Crippen LogP contribution is 2.14. The fourth-order valence-electron chi connectivity index (χ4n) is 2.01. The van der Waals surface area contributed by atoms with Gasteiger partial charge in [-0.25, -0.2) is 0 Å². The molecule has 21 heavy (non-hydrogen) atoms. The molecule has 1 aliphatic rings. The Morgan fingerprint density at radius 3 is 2.71 bits per heavy atom. The summed E-state index contributed by atoms with van der Waals surface area (Å²) in [5.41, 5.74) is 0. The van der Waals surface area contributed by atoms with E-state index < -0.39 is 0 Å². The minimum atomic E-state index is -0.282. The summed E-state index contributed by atoms with van der Waals surface area (Å²) >= 11 is 0. The van der Waals surface area contributed by atoms with Crippen molar-refractivity contribution >= 4 is 23.8 Å². The van der Waals surface area contributed by atoms with Gasteiger partial charge < -0.3 is 20.9 Å². The number of aromatic nitrogens is 3. The number of amides is 1. The van der Waals surface area contributed by atoms with Gasteiger partial charge in [-0.3, -0.25) is 4.79 Å². The van der Waals surface area contributed by atoms with E-state index in [0.717, 1.165) is 32.4 Å². The van der Waals surface area contributed by atoms with Gasteiger partial charge in [0.05, 0.1) is 0 Å². The Balaban J connectivity index is 2.16. The molecule has 0 aromatic carbocycles. The Morgan fingerprint density at radius 1 is 1.29 bits per heavy atom. The number of rotatable bonds is 6. The van der Waals surface area contributed by atoms with Crippen molar-refractivity contribution in [1.29, 1.82) is 0 Å². The van der Waals surface area contributed by atoms with Crippen molar-refractivity contribution in [3.8, 4) is 0 Å². The normalized spacial score (nSPS) is 18.0. The van der Waals surface area contributed by atoms with Crippen molar-refractivity contribution < 1.29 is 4.79 Å². The van der Waals surface area contributed by atoms with Crippen LogP contribution in [0.5, 0.6) is 0 Å². The molecule has 1 aromatic rings. The number of hydrogen-bond acceptors (Lipinski definition) is 7. The van der Waals surface area contributed by atoms with E-state index in [0.29, 0.717) is 17.8 Å². The van der Waals surface area contributed by atoms with E-state index in [1.807, 2.05) is 19.0 Å². The zero-order chi connectivity index (χ0) is 15.2. The molecule has 0 bridgehead atoms. The summed E-state index contributed by atoms with van der Waals surface area (Å²) in [5, 5.41) is 9.09. The largest absolute Gasteiger partial charge is 0.354 e. The second-order valence-corrected chi connectivity index (χ2v) is 5.23. The quantitative estimate of drug-likeness (QED) is 0.701. The van der Waals surface area contributed by atoms with Crippen molar-refractivity contribution in [1.82, 2.24) is 20.3 Å². The lowest BCUT2D eigenvalue weighted by Gasteiger charge is -2.23. The van der Waals surface area contributed by atoms with Gasteiger partial charge >= 0.3 is 0 Å². The Morgan fingerprint density at radius 2 is 2.05 bits per heavy atom. The van der Waals surface area contributed by atoms with Crippen LogP contribution in [-0.4, -0.2) is 54.1 Å². The van der Waals surface area contributed by atoms with Crippen LogP contribution >= 0.6 is 0 Å². The summed E-state index contributed by atoms with van der Waals surface area (Å²) < 4.78 is 0. The molecule has 1 amide bonds. The average Bonchev–Trinajstić information content (AvgIpc) is 2.47. The SMILES string of the molecule is CCCNc1nc(NC2CCCNC2=O)nc(N(C)C)n1. The predicted molar refractivity (Wildman–Crippen MR) is 82.6 cm³/mol. The third-order valence-electron chi connectivity index (χ3n) is 3.15. The molecule has 0 aliphatic carbocycles. The second kappa shape index (κ2) is 7.05. The van der Waals surface area contributed by atoms with Gasteiger partial charge in [-0.15, -0.1) is 0 Å². The highest BCUT2D eigenvalue weighted by molar-refractivity contribution is 5.84. The van der Waals surface area contributed by atoms with Gasteiger partial charge in [0.2, 0.25) is 23.8 Å². The van der Waals surface area contributed by atoms with Crippen LogP contribution < -0.4 is 20.9 Å². The lowest BCUT2D eigenvalue weighted by Crippen LogP contribution is -2.44. The second-order valence-electron chi connectivity index (χ2n) is 5.23. The predicted octanol–water partition coefficient (Wildman–Crippen LogP) is 0.450. The van der Waals surface area contributed by atoms with Crippen LogP contribution in [-0.2, 0) is 4.79 Å². The Labute approximate surface area is 124 Å². The molecule has 1 atom stereocenters. The first-order chi connectivity index (χ1) is 10.1. The summed E-state index contributed by atoms with van der Waals surface area (Å²) in [7, 11) is 3.74. The fraction of sp³-hybridized carbons (Fsp3) is 0.692. The van der Waals surface area contributed by atoms with Crippen molar-refractivity contribution in [2.24, 2.45) is 0 Å². The third-order valence-corrected chi connectivity index (χ3v) is 3.15. The van der Waals surface area contributed by atoms with E-state index in [2.05, 4.69) is 37.8 Å². The van der Waals surface area contributed by atoms with Crippen molar-refractivity contribution in [3.63, 3.8) is 0 Å². The molecule has 0 radical (unpaired) electrons. The molecular formula is C13H23N7O. The van der Waals surface area contributed by atoms with Gasteiger partial charge in [0.25, 0.3) is 0 Å². The molecule has 2 heterocycles. The molecule has 1 aliphatic heterocycles. The molecule has 0 saturated carbocycles. The molecule has 3 N–H and O–H groups in total. The molecule has 8 nitrogen and oxygen atoms in total. The van der Waals surface area contributed by atoms with E-state index in [1.54, 1.807) is 0 Å². The summed E-state index contributed by atoms with van der Waals surface area (Å²) in [5.74, 6) is 1.50. The highest BCUT2D eigenvalue weighted by Gasteiger charge is 2.23. The topological polar surface area (TPSA) is 95.1 Å². The first kappa shape index (κ1) is 15.3. The van der Waals surface area contributed by atoms with Crippen LogP contribution in [0, 0.1) is 0 Å². The fourth-order valence-corrected chi connectivity index (χ4v) is 2.01. The van der Waals surface area contributed by atoms with Crippen molar-refractivity contribution in [2.75, 3.05) is 42.7 Å². The smallest absolute Gasteiger partial charge is 0.242 e. The van der Waals surface area contributed by atoms with Crippen molar-refractivity contribution in [3.05, 3.63) is 0 Å². The van der Waals surface area contributed by atoms with Gasteiger partial charge in [0.15, 0.2) is 0 Å². The average molecular weight is 293 g/mol. The van der Waals surface area contributed by atoms with E-state index in [1.165, 1.54) is 0 Å². The first-order valence-electron chi connectivity index (χ1n) is 7.31. The minimum Gasteiger partial charge on any atom is -0.354 e. The monoisotopic (exact) mass is 293 g/mol. The zero-order valence-electron chi connectivity index (χ0n) is 12.8. The van der Waals surface area contributed by atoms with Crippen LogP contribution in [0.2, 0.25) is 0 Å². The maximum atomic E-state index is 11.8. The van der Waals surface area contributed by atoms with E-state index in [4.69, 9.17) is 0 Å². The lowest BCUT2D eigenvalue weighted by atomic mass is 10.1. The summed E-state index contributed by atoms with van der Waals surface area (Å²) in [4.78, 5) is 26.6. The highest BCUT2D eigenvalue weighted by atomic mass is 16.2. The summed E-state index contributed by atoms with van der Waals surface area (Å²) in [6.45, 7) is 3.60. The van der Waals surface area contributed by atoms with Gasteiger partial charge in [-0.2, -0.15) is 15.0 Å². The zero-order valence-corrected chi connectivity index (χ0v) is 12.8. The number of anilines is 3. The van der Waals surface area contributed by atoms with Crippen LogP contribution in [0.1, 0.15) is 26.2 Å². The standard InChI is InChI=1S/C13H23N7O/c1-4-7-15-11-17-12(19-13(18-11)20(2)3)16-9-6-5-8-14-10(9)21/h9H,4-8H2,1-3H3,(H,14,21)(H2,15,16,17,18,19). The third kappa shape index (κ3) is 4.17. The first-order valence-corrected chi connectivity index (χ1v) is 7.31. The Hall–Kier alpha value is -2.12. The molecule has 2 rings (SSSR count). The van der Waals surface area contributed by atoms with E-state index in [-0.39, 0.29) is 11.9 Å². The minimum absolute atomic E-state index is 0.00358. The van der Waals surface area contributed by atoms with E-state index >= 15 is 0 Å². The Bertz CT molecular complexity index is 491. The van der Waals surface area contributed by atoms with Gasteiger partial charge in [0, 0.05) is 27.2 Å².